The lowest BCUT2D eigenvalue weighted by molar-refractivity contribution is 0.181. The van der Waals surface area contributed by atoms with Crippen LogP contribution >= 0.6 is 11.3 Å². The van der Waals surface area contributed by atoms with Gasteiger partial charge in [-0.2, -0.15) is 0 Å². The standard InChI is InChI=1S/C14H14N2O4S2/c1-10-2-7-13(21-10)22(18,19)15-11-3-5-12(6-4-11)16-8-9-20-14(16)17/h2-7,15H,8-9H2,1H3. The van der Waals surface area contributed by atoms with E-state index in [1.807, 2.05) is 6.92 Å². The van der Waals surface area contributed by atoms with Gasteiger partial charge in [0, 0.05) is 16.3 Å². The molecule has 1 fully saturated rings. The van der Waals surface area contributed by atoms with Crippen LogP contribution in [0, 0.1) is 6.92 Å². The van der Waals surface area contributed by atoms with Crippen molar-refractivity contribution >= 4 is 38.8 Å². The minimum absolute atomic E-state index is 0.275. The van der Waals surface area contributed by atoms with Crippen molar-refractivity contribution in [1.29, 1.82) is 0 Å². The Morgan fingerprint density at radius 1 is 1.18 bits per heavy atom. The zero-order chi connectivity index (χ0) is 15.7. The minimum atomic E-state index is -3.57. The summed E-state index contributed by atoms with van der Waals surface area (Å²) in [7, 11) is -3.57. The molecule has 1 aromatic heterocycles. The number of nitrogens with zero attached hydrogens (tertiary/aromatic N) is 1. The Bertz CT molecular complexity index is 797. The number of ether oxygens (including phenoxy) is 1. The number of hydrogen-bond donors (Lipinski definition) is 1. The Kier molecular flexibility index (Phi) is 3.79. The zero-order valence-corrected chi connectivity index (χ0v) is 13.4. The fourth-order valence-corrected chi connectivity index (χ4v) is 4.44. The van der Waals surface area contributed by atoms with E-state index in [-0.39, 0.29) is 10.3 Å². The second kappa shape index (κ2) is 5.62. The van der Waals surface area contributed by atoms with Crippen molar-refractivity contribution in [1.82, 2.24) is 0 Å². The third-order valence-electron chi connectivity index (χ3n) is 3.17. The van der Waals surface area contributed by atoms with Gasteiger partial charge in [-0.15, -0.1) is 11.3 Å². The van der Waals surface area contributed by atoms with Gasteiger partial charge in [-0.3, -0.25) is 9.62 Å². The van der Waals surface area contributed by atoms with Gasteiger partial charge < -0.3 is 4.74 Å². The number of amides is 1. The Morgan fingerprint density at radius 3 is 2.45 bits per heavy atom. The summed E-state index contributed by atoms with van der Waals surface area (Å²) in [5, 5.41) is 0. The van der Waals surface area contributed by atoms with Gasteiger partial charge in [0.1, 0.15) is 10.8 Å². The fraction of sp³-hybridized carbons (Fsp3) is 0.214. The molecule has 0 bridgehead atoms. The molecule has 116 valence electrons. The van der Waals surface area contributed by atoms with Crippen LogP contribution in [0.15, 0.2) is 40.6 Å². The van der Waals surface area contributed by atoms with Gasteiger partial charge in [0.2, 0.25) is 0 Å². The Labute approximate surface area is 132 Å². The first-order valence-electron chi connectivity index (χ1n) is 6.59. The van der Waals surface area contributed by atoms with E-state index in [9.17, 15) is 13.2 Å². The Balaban J connectivity index is 1.77. The van der Waals surface area contributed by atoms with Crippen LogP contribution in [0.4, 0.5) is 16.2 Å². The molecule has 0 aliphatic carbocycles. The molecule has 0 spiro atoms. The van der Waals surface area contributed by atoms with E-state index in [2.05, 4.69) is 4.72 Å². The van der Waals surface area contributed by atoms with Crippen LogP contribution in [0.2, 0.25) is 0 Å². The topological polar surface area (TPSA) is 75.7 Å². The molecule has 1 saturated heterocycles. The molecule has 1 N–H and O–H groups in total. The zero-order valence-electron chi connectivity index (χ0n) is 11.8. The molecule has 8 heteroatoms. The number of anilines is 2. The molecular weight excluding hydrogens is 324 g/mol. The van der Waals surface area contributed by atoms with E-state index < -0.39 is 10.0 Å². The monoisotopic (exact) mass is 338 g/mol. The van der Waals surface area contributed by atoms with E-state index >= 15 is 0 Å². The third-order valence-corrected chi connectivity index (χ3v) is 6.05. The molecule has 0 unspecified atom stereocenters. The number of sulfonamides is 1. The van der Waals surface area contributed by atoms with Crippen LogP contribution in [0.1, 0.15) is 4.88 Å². The molecule has 1 aromatic carbocycles. The summed E-state index contributed by atoms with van der Waals surface area (Å²) in [5.41, 5.74) is 1.12. The highest BCUT2D eigenvalue weighted by Gasteiger charge is 2.23. The van der Waals surface area contributed by atoms with Gasteiger partial charge >= 0.3 is 6.09 Å². The lowest BCUT2D eigenvalue weighted by Crippen LogP contribution is -2.23. The summed E-state index contributed by atoms with van der Waals surface area (Å²) in [6.07, 6.45) is -0.387. The van der Waals surface area contributed by atoms with Crippen molar-refractivity contribution in [2.75, 3.05) is 22.8 Å². The van der Waals surface area contributed by atoms with Crippen molar-refractivity contribution in [3.63, 3.8) is 0 Å². The molecule has 2 heterocycles. The van der Waals surface area contributed by atoms with Gasteiger partial charge in [0.05, 0.1) is 6.54 Å². The highest BCUT2D eigenvalue weighted by atomic mass is 32.2. The average Bonchev–Trinajstić information content (AvgIpc) is 3.08. The number of aryl methyl sites for hydroxylation is 1. The van der Waals surface area contributed by atoms with Crippen LogP contribution < -0.4 is 9.62 Å². The first-order chi connectivity index (χ1) is 10.5. The van der Waals surface area contributed by atoms with E-state index in [0.29, 0.717) is 24.5 Å². The van der Waals surface area contributed by atoms with Crippen LogP contribution in [0.3, 0.4) is 0 Å². The summed E-state index contributed by atoms with van der Waals surface area (Å²) in [6.45, 7) is 2.72. The minimum Gasteiger partial charge on any atom is -0.447 e. The number of thiophene rings is 1. The van der Waals surface area contributed by atoms with Gasteiger partial charge in [0.25, 0.3) is 10.0 Å². The first kappa shape index (κ1) is 14.9. The molecular formula is C14H14N2O4S2. The fourth-order valence-electron chi connectivity index (χ4n) is 2.10. The molecule has 0 atom stereocenters. The van der Waals surface area contributed by atoms with E-state index in [0.717, 1.165) is 4.88 Å². The van der Waals surface area contributed by atoms with Crippen LogP contribution in [-0.2, 0) is 14.8 Å². The van der Waals surface area contributed by atoms with E-state index in [1.165, 1.54) is 16.2 Å². The number of rotatable bonds is 4. The average molecular weight is 338 g/mol. The number of carbonyl (C=O) groups excluding carboxylic acids is 1. The predicted octanol–water partition coefficient (Wildman–Crippen LogP) is 2.81. The maximum Gasteiger partial charge on any atom is 0.414 e. The number of nitrogens with one attached hydrogen (secondary N) is 1. The van der Waals surface area contributed by atoms with Crippen LogP contribution in [0.25, 0.3) is 0 Å². The largest absolute Gasteiger partial charge is 0.447 e. The van der Waals surface area contributed by atoms with E-state index in [1.54, 1.807) is 36.4 Å². The summed E-state index contributed by atoms with van der Waals surface area (Å²) in [4.78, 5) is 13.9. The smallest absolute Gasteiger partial charge is 0.414 e. The van der Waals surface area contributed by atoms with Crippen molar-refractivity contribution < 1.29 is 17.9 Å². The van der Waals surface area contributed by atoms with Crippen LogP contribution in [-0.4, -0.2) is 27.7 Å². The maximum atomic E-state index is 12.2. The number of cyclic esters (lactones) is 1. The highest BCUT2D eigenvalue weighted by molar-refractivity contribution is 7.94. The molecule has 0 saturated carbocycles. The quantitative estimate of drug-likeness (QED) is 0.930. The van der Waals surface area contributed by atoms with Crippen molar-refractivity contribution in [2.24, 2.45) is 0 Å². The normalized spacial score (nSPS) is 15.0. The molecule has 22 heavy (non-hydrogen) atoms. The maximum absolute atomic E-state index is 12.2. The first-order valence-corrected chi connectivity index (χ1v) is 8.89. The Morgan fingerprint density at radius 2 is 1.91 bits per heavy atom. The predicted molar refractivity (Wildman–Crippen MR) is 85.0 cm³/mol. The molecule has 0 radical (unpaired) electrons. The number of hydrogen-bond acceptors (Lipinski definition) is 5. The van der Waals surface area contributed by atoms with Gasteiger partial charge in [0.15, 0.2) is 0 Å². The summed E-state index contributed by atoms with van der Waals surface area (Å²) < 4.78 is 32.1. The molecule has 2 aromatic rings. The van der Waals surface area contributed by atoms with Gasteiger partial charge in [-0.1, -0.05) is 0 Å². The van der Waals surface area contributed by atoms with Crippen LogP contribution in [0.5, 0.6) is 0 Å². The van der Waals surface area contributed by atoms with Gasteiger partial charge in [-0.25, -0.2) is 13.2 Å². The molecule has 3 rings (SSSR count). The molecule has 1 aliphatic heterocycles. The lowest BCUT2D eigenvalue weighted by atomic mass is 10.2. The lowest BCUT2D eigenvalue weighted by Gasteiger charge is -2.13. The molecule has 1 amide bonds. The van der Waals surface area contributed by atoms with Gasteiger partial charge in [-0.05, 0) is 43.3 Å². The highest BCUT2D eigenvalue weighted by Crippen LogP contribution is 2.25. The van der Waals surface area contributed by atoms with Crippen molar-refractivity contribution in [3.05, 3.63) is 41.3 Å². The van der Waals surface area contributed by atoms with Crippen molar-refractivity contribution in [2.45, 2.75) is 11.1 Å². The number of carbonyl (C=O) groups is 1. The Hall–Kier alpha value is -2.06. The third kappa shape index (κ3) is 2.93. The number of benzene rings is 1. The van der Waals surface area contributed by atoms with Crippen molar-refractivity contribution in [3.8, 4) is 0 Å². The summed E-state index contributed by atoms with van der Waals surface area (Å²) in [6, 6.07) is 9.96. The second-order valence-electron chi connectivity index (χ2n) is 4.78. The summed E-state index contributed by atoms with van der Waals surface area (Å²) >= 11 is 1.22. The molecule has 6 nitrogen and oxygen atoms in total. The van der Waals surface area contributed by atoms with E-state index in [4.69, 9.17) is 4.74 Å². The SMILES string of the molecule is Cc1ccc(S(=O)(=O)Nc2ccc(N3CCOC3=O)cc2)s1. The second-order valence-corrected chi connectivity index (χ2v) is 7.98. The molecule has 1 aliphatic rings. The summed E-state index contributed by atoms with van der Waals surface area (Å²) in [5.74, 6) is 0.